The van der Waals surface area contributed by atoms with Crippen molar-refractivity contribution in [1.29, 1.82) is 5.26 Å². The molecule has 2 aliphatic rings. The highest BCUT2D eigenvalue weighted by atomic mass is 15.2. The summed E-state index contributed by atoms with van der Waals surface area (Å²) in [6.07, 6.45) is 11.8. The summed E-state index contributed by atoms with van der Waals surface area (Å²) >= 11 is 0. The lowest BCUT2D eigenvalue weighted by Gasteiger charge is -2.07. The van der Waals surface area contributed by atoms with Crippen LogP contribution in [0.1, 0.15) is 16.7 Å². The molecule has 38 heavy (non-hydrogen) atoms. The van der Waals surface area contributed by atoms with Crippen LogP contribution in [0, 0.1) is 11.3 Å². The van der Waals surface area contributed by atoms with Crippen molar-refractivity contribution in [1.82, 2.24) is 39.9 Å². The number of aromatic amines is 3. The summed E-state index contributed by atoms with van der Waals surface area (Å²) in [7, 11) is 1.89. The van der Waals surface area contributed by atoms with Crippen LogP contribution in [0.25, 0.3) is 45.3 Å². The smallest absolute Gasteiger partial charge is 0.159 e. The van der Waals surface area contributed by atoms with Gasteiger partial charge in [0.25, 0.3) is 0 Å². The van der Waals surface area contributed by atoms with E-state index >= 15 is 0 Å². The quantitative estimate of drug-likeness (QED) is 0.298. The number of aryl methyl sites for hydroxylation is 1. The fourth-order valence-corrected chi connectivity index (χ4v) is 4.31. The molecule has 0 atom stereocenters. The zero-order valence-corrected chi connectivity index (χ0v) is 20.6. The van der Waals surface area contributed by atoms with E-state index in [1.807, 2.05) is 62.2 Å². The summed E-state index contributed by atoms with van der Waals surface area (Å²) in [6, 6.07) is 19.9. The van der Waals surface area contributed by atoms with E-state index in [0.29, 0.717) is 23.6 Å². The molecular weight excluding hydrogens is 474 g/mol. The van der Waals surface area contributed by atoms with Crippen LogP contribution in [0.4, 0.5) is 0 Å². The second kappa shape index (κ2) is 9.87. The zero-order valence-electron chi connectivity index (χ0n) is 20.6. The molecule has 4 heterocycles. The molecule has 184 valence electrons. The Bertz CT molecular complexity index is 1770. The molecule has 9 heteroatoms. The molecule has 0 radical (unpaired) electrons. The standard InChI is InChI=1S/C29H23N9/c1-38-18-25(16-35-38)24-14-31-28(32-15-24)22-6-2-4-19(9-22)8-21-11-26-27(37-34-13-21)17-33-29(36-26)23-7-3-5-20(10-23)12-30/h2-7,9-11,13-18,34,37H,8H2,1H3,(H,33,36). The number of nitriles is 1. The van der Waals surface area contributed by atoms with Crippen molar-refractivity contribution < 1.29 is 0 Å². The van der Waals surface area contributed by atoms with E-state index in [2.05, 4.69) is 59.5 Å². The molecule has 6 rings (SSSR count). The van der Waals surface area contributed by atoms with Gasteiger partial charge in [-0.05, 0) is 41.8 Å². The van der Waals surface area contributed by atoms with E-state index in [1.165, 1.54) is 0 Å². The summed E-state index contributed by atoms with van der Waals surface area (Å²) in [5, 5.41) is 19.8. The first-order chi connectivity index (χ1) is 18.6. The van der Waals surface area contributed by atoms with Crippen LogP contribution in [-0.2, 0) is 13.5 Å². The Morgan fingerprint density at radius 1 is 0.816 bits per heavy atom. The van der Waals surface area contributed by atoms with E-state index in [0.717, 1.165) is 44.8 Å². The molecule has 2 aromatic heterocycles. The number of nitrogens with zero attached hydrogens (tertiary/aromatic N) is 6. The Labute approximate surface area is 218 Å². The average Bonchev–Trinajstić information content (AvgIpc) is 3.29. The third-order valence-corrected chi connectivity index (χ3v) is 6.21. The molecule has 2 aliphatic heterocycles. The SMILES string of the molecule is Cn1cc(-c2cnc(-c3cccc(Cc4c[nH][nH]c5cnc(-c6cccc(C#N)c6)[nH]c-5c4)c3)nc2)cn1. The van der Waals surface area contributed by atoms with Gasteiger partial charge in [0.2, 0.25) is 0 Å². The molecule has 2 aromatic carbocycles. The van der Waals surface area contributed by atoms with Crippen molar-refractivity contribution in [3.63, 3.8) is 0 Å². The van der Waals surface area contributed by atoms with Crippen LogP contribution in [0.5, 0.6) is 0 Å². The summed E-state index contributed by atoms with van der Waals surface area (Å²) in [4.78, 5) is 17.1. The molecule has 0 saturated heterocycles. The second-order valence-electron chi connectivity index (χ2n) is 8.96. The van der Waals surface area contributed by atoms with Gasteiger partial charge < -0.3 is 10.1 Å². The van der Waals surface area contributed by atoms with Gasteiger partial charge in [0, 0.05) is 54.1 Å². The van der Waals surface area contributed by atoms with Gasteiger partial charge in [-0.25, -0.2) is 15.0 Å². The van der Waals surface area contributed by atoms with Crippen LogP contribution >= 0.6 is 0 Å². The molecule has 0 bridgehead atoms. The van der Waals surface area contributed by atoms with Gasteiger partial charge in [-0.1, -0.05) is 30.3 Å². The molecule has 0 saturated carbocycles. The summed E-state index contributed by atoms with van der Waals surface area (Å²) in [5.74, 6) is 1.36. The van der Waals surface area contributed by atoms with E-state index in [-0.39, 0.29) is 0 Å². The Kier molecular flexibility index (Phi) is 5.96. The number of rotatable bonds is 5. The molecule has 9 nitrogen and oxygen atoms in total. The Morgan fingerprint density at radius 3 is 2.47 bits per heavy atom. The van der Waals surface area contributed by atoms with E-state index in [1.54, 1.807) is 23.1 Å². The highest BCUT2D eigenvalue weighted by molar-refractivity contribution is 5.64. The third-order valence-electron chi connectivity index (χ3n) is 6.21. The molecular formula is C29H23N9. The van der Waals surface area contributed by atoms with Crippen molar-refractivity contribution >= 4 is 0 Å². The maximum absolute atomic E-state index is 9.24. The van der Waals surface area contributed by atoms with Crippen LogP contribution in [0.3, 0.4) is 0 Å². The van der Waals surface area contributed by atoms with Gasteiger partial charge >= 0.3 is 0 Å². The Balaban J connectivity index is 1.28. The van der Waals surface area contributed by atoms with Crippen molar-refractivity contribution in [2.75, 3.05) is 0 Å². The Morgan fingerprint density at radius 2 is 1.66 bits per heavy atom. The number of aromatic nitrogens is 8. The topological polar surface area (TPSA) is 128 Å². The maximum atomic E-state index is 9.24. The molecule has 3 N–H and O–H groups in total. The van der Waals surface area contributed by atoms with Crippen molar-refractivity contribution in [3.8, 4) is 51.4 Å². The maximum Gasteiger partial charge on any atom is 0.159 e. The van der Waals surface area contributed by atoms with Gasteiger partial charge in [-0.3, -0.25) is 9.78 Å². The number of benzene rings is 2. The predicted octanol–water partition coefficient (Wildman–Crippen LogP) is 5.28. The lowest BCUT2D eigenvalue weighted by Crippen LogP contribution is -1.95. The van der Waals surface area contributed by atoms with E-state index in [4.69, 9.17) is 0 Å². The second-order valence-corrected chi connectivity index (χ2v) is 8.96. The van der Waals surface area contributed by atoms with Crippen molar-refractivity contribution in [2.45, 2.75) is 6.42 Å². The van der Waals surface area contributed by atoms with Gasteiger partial charge in [0.1, 0.15) is 5.82 Å². The molecule has 0 unspecified atom stereocenters. The van der Waals surface area contributed by atoms with E-state index < -0.39 is 0 Å². The summed E-state index contributed by atoms with van der Waals surface area (Å²) in [6.45, 7) is 0. The molecule has 0 spiro atoms. The van der Waals surface area contributed by atoms with Gasteiger partial charge in [-0.2, -0.15) is 10.4 Å². The summed E-state index contributed by atoms with van der Waals surface area (Å²) < 4.78 is 1.76. The third kappa shape index (κ3) is 4.79. The van der Waals surface area contributed by atoms with Crippen LogP contribution in [-0.4, -0.2) is 39.9 Å². The zero-order chi connectivity index (χ0) is 25.9. The highest BCUT2D eigenvalue weighted by Gasteiger charge is 2.09. The fourth-order valence-electron chi connectivity index (χ4n) is 4.31. The van der Waals surface area contributed by atoms with E-state index in [9.17, 15) is 5.26 Å². The predicted molar refractivity (Wildman–Crippen MR) is 144 cm³/mol. The molecule has 0 fully saturated rings. The average molecular weight is 498 g/mol. The minimum atomic E-state index is 0.590. The largest absolute Gasteiger partial charge is 0.338 e. The lowest BCUT2D eigenvalue weighted by molar-refractivity contribution is 0.768. The number of hydrogen-bond acceptors (Lipinski definition) is 5. The van der Waals surface area contributed by atoms with Crippen molar-refractivity contribution in [3.05, 3.63) is 108 Å². The fraction of sp³-hybridized carbons (Fsp3) is 0.0690. The first-order valence-corrected chi connectivity index (χ1v) is 12.0. The number of fused-ring (bicyclic) bond motifs is 1. The van der Waals surface area contributed by atoms with Crippen LogP contribution < -0.4 is 0 Å². The summed E-state index contributed by atoms with van der Waals surface area (Å²) in [5.41, 5.74) is 8.23. The first-order valence-electron chi connectivity index (χ1n) is 12.0. The minimum absolute atomic E-state index is 0.590. The highest BCUT2D eigenvalue weighted by Crippen LogP contribution is 2.24. The molecule has 0 amide bonds. The van der Waals surface area contributed by atoms with Gasteiger partial charge in [-0.15, -0.1) is 0 Å². The number of H-pyrrole nitrogens is 3. The molecule has 0 aliphatic carbocycles. The monoisotopic (exact) mass is 497 g/mol. The van der Waals surface area contributed by atoms with Crippen LogP contribution in [0.15, 0.2) is 91.8 Å². The Hall–Kier alpha value is -5.49. The van der Waals surface area contributed by atoms with Gasteiger partial charge in [0.05, 0.1) is 35.4 Å². The van der Waals surface area contributed by atoms with Crippen LogP contribution in [0.2, 0.25) is 0 Å². The lowest BCUT2D eigenvalue weighted by atomic mass is 10.0. The van der Waals surface area contributed by atoms with Gasteiger partial charge in [0.15, 0.2) is 5.82 Å². The van der Waals surface area contributed by atoms with Crippen molar-refractivity contribution in [2.24, 2.45) is 7.05 Å². The normalized spacial score (nSPS) is 10.8. The first kappa shape index (κ1) is 22.9. The molecule has 4 aromatic rings. The number of nitrogens with one attached hydrogen (secondary N) is 3. The number of hydrogen-bond donors (Lipinski definition) is 3. The minimum Gasteiger partial charge on any atom is -0.338 e.